The molecule has 0 fully saturated rings. The Hall–Kier alpha value is -2.53. The molecule has 0 radical (unpaired) electrons. The van der Waals surface area contributed by atoms with Crippen LogP contribution in [-0.4, -0.2) is 30.1 Å². The summed E-state index contributed by atoms with van der Waals surface area (Å²) in [6, 6.07) is 15.7. The number of benzene rings is 2. The zero-order valence-corrected chi connectivity index (χ0v) is 15.1. The normalized spacial score (nSPS) is 10.6. The van der Waals surface area contributed by atoms with Gasteiger partial charge in [0.25, 0.3) is 0 Å². The quantitative estimate of drug-likeness (QED) is 0.688. The number of hydrogen-bond acceptors (Lipinski definition) is 4. The summed E-state index contributed by atoms with van der Waals surface area (Å²) in [5, 5.41) is 15.1. The third-order valence-electron chi connectivity index (χ3n) is 4.01. The maximum Gasteiger partial charge on any atom is 0.243 e. The van der Waals surface area contributed by atoms with Gasteiger partial charge in [-0.05, 0) is 62.7 Å². The topological polar surface area (TPSA) is 64.6 Å². The first-order valence-electron chi connectivity index (χ1n) is 8.63. The Kier molecular flexibility index (Phi) is 6.83. The van der Waals surface area contributed by atoms with Gasteiger partial charge < -0.3 is 20.6 Å². The van der Waals surface area contributed by atoms with Crippen molar-refractivity contribution in [1.29, 1.82) is 0 Å². The van der Waals surface area contributed by atoms with Gasteiger partial charge in [0.2, 0.25) is 5.91 Å². The molecule has 0 saturated heterocycles. The number of rotatable bonds is 8. The van der Waals surface area contributed by atoms with Crippen LogP contribution in [0.1, 0.15) is 26.3 Å². The molecule has 0 saturated carbocycles. The van der Waals surface area contributed by atoms with E-state index in [4.69, 9.17) is 5.11 Å². The van der Waals surface area contributed by atoms with Crippen molar-refractivity contribution in [2.75, 3.05) is 28.6 Å². The van der Waals surface area contributed by atoms with Crippen molar-refractivity contribution in [3.63, 3.8) is 0 Å². The highest BCUT2D eigenvalue weighted by Gasteiger charge is 2.08. The lowest BCUT2D eigenvalue weighted by atomic mass is 10.2. The second-order valence-corrected chi connectivity index (χ2v) is 6.19. The van der Waals surface area contributed by atoms with Crippen molar-refractivity contribution < 1.29 is 9.90 Å². The molecule has 0 aliphatic carbocycles. The number of amides is 1. The predicted molar refractivity (Wildman–Crippen MR) is 104 cm³/mol. The average molecular weight is 341 g/mol. The van der Waals surface area contributed by atoms with E-state index in [9.17, 15) is 4.79 Å². The molecule has 2 aromatic rings. The van der Waals surface area contributed by atoms with E-state index >= 15 is 0 Å². The SMILES string of the molecule is CCN(c1ccc(NC(=O)CNc2cccc(CO)c2)cc1)C(C)C. The van der Waals surface area contributed by atoms with Gasteiger partial charge in [0, 0.05) is 29.6 Å². The summed E-state index contributed by atoms with van der Waals surface area (Å²) in [6.07, 6.45) is 0. The Labute approximate surface area is 149 Å². The molecule has 0 bridgehead atoms. The number of nitrogens with one attached hydrogen (secondary N) is 2. The van der Waals surface area contributed by atoms with Gasteiger partial charge in [-0.25, -0.2) is 0 Å². The number of aliphatic hydroxyl groups is 1. The molecule has 0 aliphatic rings. The molecular weight excluding hydrogens is 314 g/mol. The predicted octanol–water partition coefficient (Wildman–Crippen LogP) is 3.46. The highest BCUT2D eigenvalue weighted by atomic mass is 16.3. The van der Waals surface area contributed by atoms with Crippen LogP contribution < -0.4 is 15.5 Å². The Morgan fingerprint density at radius 1 is 1.12 bits per heavy atom. The van der Waals surface area contributed by atoms with Crippen molar-refractivity contribution in [3.8, 4) is 0 Å². The van der Waals surface area contributed by atoms with Gasteiger partial charge in [0.1, 0.15) is 0 Å². The van der Waals surface area contributed by atoms with Crippen molar-refractivity contribution in [2.45, 2.75) is 33.4 Å². The molecule has 5 nitrogen and oxygen atoms in total. The molecular formula is C20H27N3O2. The van der Waals surface area contributed by atoms with Gasteiger partial charge in [-0.2, -0.15) is 0 Å². The first kappa shape index (κ1) is 18.8. The van der Waals surface area contributed by atoms with Crippen LogP contribution in [0.15, 0.2) is 48.5 Å². The van der Waals surface area contributed by atoms with Crippen LogP contribution in [0.3, 0.4) is 0 Å². The van der Waals surface area contributed by atoms with Crippen molar-refractivity contribution in [1.82, 2.24) is 0 Å². The Morgan fingerprint density at radius 2 is 1.84 bits per heavy atom. The summed E-state index contributed by atoms with van der Waals surface area (Å²) in [4.78, 5) is 14.4. The highest BCUT2D eigenvalue weighted by molar-refractivity contribution is 5.93. The third-order valence-corrected chi connectivity index (χ3v) is 4.01. The van der Waals surface area contributed by atoms with Gasteiger partial charge in [-0.15, -0.1) is 0 Å². The zero-order chi connectivity index (χ0) is 18.2. The molecule has 5 heteroatoms. The van der Waals surface area contributed by atoms with Crippen LogP contribution in [0.25, 0.3) is 0 Å². The van der Waals surface area contributed by atoms with Gasteiger partial charge in [0.05, 0.1) is 13.2 Å². The lowest BCUT2D eigenvalue weighted by Gasteiger charge is -2.27. The molecule has 0 heterocycles. The summed E-state index contributed by atoms with van der Waals surface area (Å²) >= 11 is 0. The molecule has 2 aromatic carbocycles. The fourth-order valence-electron chi connectivity index (χ4n) is 2.75. The monoisotopic (exact) mass is 341 g/mol. The van der Waals surface area contributed by atoms with Crippen LogP contribution in [0.5, 0.6) is 0 Å². The lowest BCUT2D eigenvalue weighted by Crippen LogP contribution is -2.30. The number of aliphatic hydroxyl groups excluding tert-OH is 1. The molecule has 0 unspecified atom stereocenters. The van der Waals surface area contributed by atoms with Crippen LogP contribution in [0.2, 0.25) is 0 Å². The number of hydrogen-bond donors (Lipinski definition) is 3. The molecule has 0 atom stereocenters. The van der Waals surface area contributed by atoms with E-state index < -0.39 is 0 Å². The van der Waals surface area contributed by atoms with Crippen LogP contribution in [0.4, 0.5) is 17.1 Å². The number of carbonyl (C=O) groups excluding carboxylic acids is 1. The molecule has 0 aromatic heterocycles. The molecule has 0 aliphatic heterocycles. The summed E-state index contributed by atoms with van der Waals surface area (Å²) in [6.45, 7) is 7.56. The number of nitrogens with zero attached hydrogens (tertiary/aromatic N) is 1. The molecule has 2 rings (SSSR count). The molecule has 134 valence electrons. The van der Waals surface area contributed by atoms with E-state index in [2.05, 4.69) is 36.3 Å². The van der Waals surface area contributed by atoms with Gasteiger partial charge in [0.15, 0.2) is 0 Å². The molecule has 0 spiro atoms. The van der Waals surface area contributed by atoms with Crippen LogP contribution >= 0.6 is 0 Å². The molecule has 3 N–H and O–H groups in total. The fourth-order valence-corrected chi connectivity index (χ4v) is 2.75. The average Bonchev–Trinajstić information content (AvgIpc) is 2.62. The van der Waals surface area contributed by atoms with Crippen molar-refractivity contribution >= 4 is 23.0 Å². The first-order valence-corrected chi connectivity index (χ1v) is 8.63. The smallest absolute Gasteiger partial charge is 0.243 e. The minimum atomic E-state index is -0.113. The van der Waals surface area contributed by atoms with Gasteiger partial charge in [-0.1, -0.05) is 12.1 Å². The highest BCUT2D eigenvalue weighted by Crippen LogP contribution is 2.20. The molecule has 1 amide bonds. The van der Waals surface area contributed by atoms with E-state index in [-0.39, 0.29) is 19.1 Å². The number of carbonyl (C=O) groups is 1. The Morgan fingerprint density at radius 3 is 2.44 bits per heavy atom. The summed E-state index contributed by atoms with van der Waals surface area (Å²) in [5.41, 5.74) is 3.55. The van der Waals surface area contributed by atoms with Gasteiger partial charge >= 0.3 is 0 Å². The summed E-state index contributed by atoms with van der Waals surface area (Å²) in [5.74, 6) is -0.113. The third kappa shape index (κ3) is 5.50. The van der Waals surface area contributed by atoms with E-state index in [0.29, 0.717) is 6.04 Å². The number of anilines is 3. The van der Waals surface area contributed by atoms with Crippen molar-refractivity contribution in [2.24, 2.45) is 0 Å². The van der Waals surface area contributed by atoms with E-state index in [0.717, 1.165) is 29.2 Å². The van der Waals surface area contributed by atoms with E-state index in [1.807, 2.05) is 48.5 Å². The lowest BCUT2D eigenvalue weighted by molar-refractivity contribution is -0.114. The molecule has 25 heavy (non-hydrogen) atoms. The summed E-state index contributed by atoms with van der Waals surface area (Å²) < 4.78 is 0. The Bertz CT molecular complexity index is 684. The maximum atomic E-state index is 12.1. The second kappa shape index (κ2) is 9.08. The van der Waals surface area contributed by atoms with E-state index in [1.54, 1.807) is 0 Å². The second-order valence-electron chi connectivity index (χ2n) is 6.19. The maximum absolute atomic E-state index is 12.1. The zero-order valence-electron chi connectivity index (χ0n) is 15.1. The fraction of sp³-hybridized carbons (Fsp3) is 0.350. The largest absolute Gasteiger partial charge is 0.392 e. The van der Waals surface area contributed by atoms with Crippen LogP contribution in [0, 0.1) is 0 Å². The Balaban J connectivity index is 1.89. The van der Waals surface area contributed by atoms with E-state index in [1.165, 1.54) is 0 Å². The van der Waals surface area contributed by atoms with Gasteiger partial charge in [-0.3, -0.25) is 4.79 Å². The van der Waals surface area contributed by atoms with Crippen molar-refractivity contribution in [3.05, 3.63) is 54.1 Å². The first-order chi connectivity index (χ1) is 12.0. The summed E-state index contributed by atoms with van der Waals surface area (Å²) in [7, 11) is 0. The van der Waals surface area contributed by atoms with Crippen LogP contribution in [-0.2, 0) is 11.4 Å². The minimum Gasteiger partial charge on any atom is -0.392 e. The standard InChI is InChI=1S/C20H27N3O2/c1-4-23(15(2)3)19-10-8-17(9-11-19)22-20(25)13-21-18-7-5-6-16(12-18)14-24/h5-12,15,21,24H,4,13-14H2,1-3H3,(H,22,25). The minimum absolute atomic E-state index is 0.0147.